The Hall–Kier alpha value is -2.97. The number of hydrogen-bond donors (Lipinski definition) is 3. The molecule has 0 unspecified atom stereocenters. The van der Waals surface area contributed by atoms with Crippen LogP contribution in [0.4, 0.5) is 0 Å². The summed E-state index contributed by atoms with van der Waals surface area (Å²) < 4.78 is 18.3. The van der Waals surface area contributed by atoms with Crippen LogP contribution in [0.3, 0.4) is 0 Å². The second-order valence-corrected chi connectivity index (χ2v) is 10.2. The molecule has 0 aliphatic carbocycles. The van der Waals surface area contributed by atoms with E-state index < -0.39 is 17.9 Å². The number of allylic oxidation sites excluding steroid dienone is 1. The Labute approximate surface area is 248 Å². The molecular weight excluding hydrogens is 687 g/mol. The van der Waals surface area contributed by atoms with Gasteiger partial charge in [0.1, 0.15) is 18.1 Å². The van der Waals surface area contributed by atoms with Crippen molar-refractivity contribution in [3.8, 4) is 11.5 Å². The maximum Gasteiger partial charge on any atom is 0.338 e. The van der Waals surface area contributed by atoms with E-state index in [-0.39, 0.29) is 13.2 Å². The lowest BCUT2D eigenvalue weighted by Crippen LogP contribution is -2.45. The van der Waals surface area contributed by atoms with E-state index in [0.29, 0.717) is 40.1 Å². The predicted molar refractivity (Wildman–Crippen MR) is 161 cm³/mol. The summed E-state index contributed by atoms with van der Waals surface area (Å²) in [6, 6.07) is 10.2. The molecule has 0 bridgehead atoms. The minimum atomic E-state index is -0.612. The van der Waals surface area contributed by atoms with Crippen molar-refractivity contribution in [3.63, 3.8) is 0 Å². The van der Waals surface area contributed by atoms with Crippen LogP contribution in [0.1, 0.15) is 31.0 Å². The number of esters is 1. The molecule has 1 aliphatic heterocycles. The van der Waals surface area contributed by atoms with Gasteiger partial charge in [-0.2, -0.15) is 5.10 Å². The second-order valence-electron chi connectivity index (χ2n) is 7.82. The molecule has 0 saturated heterocycles. The molecule has 1 aliphatic rings. The number of carbonyl (C=O) groups excluding carboxylic acids is 2. The number of carbonyl (C=O) groups is 2. The summed E-state index contributed by atoms with van der Waals surface area (Å²) in [7, 11) is 0. The number of para-hydroxylation sites is 1. The van der Waals surface area contributed by atoms with Crippen molar-refractivity contribution < 1.29 is 23.8 Å². The summed E-state index contributed by atoms with van der Waals surface area (Å²) in [6.07, 6.45) is 3.19. The maximum absolute atomic E-state index is 12.7. The smallest absolute Gasteiger partial charge is 0.338 e. The molecule has 0 aromatic heterocycles. The zero-order chi connectivity index (χ0) is 27.7. The number of rotatable bonds is 11. The molecule has 1 heterocycles. The lowest BCUT2D eigenvalue weighted by atomic mass is 9.95. The van der Waals surface area contributed by atoms with Crippen molar-refractivity contribution in [2.45, 2.75) is 19.9 Å². The van der Waals surface area contributed by atoms with E-state index in [4.69, 9.17) is 26.4 Å². The average molecular weight is 713 g/mol. The predicted octanol–water partition coefficient (Wildman–Crippen LogP) is 4.50. The average Bonchev–Trinajstić information content (AvgIpc) is 2.87. The number of nitrogens with zero attached hydrogens (tertiary/aromatic N) is 1. The van der Waals surface area contributed by atoms with Crippen molar-refractivity contribution in [2.24, 2.45) is 5.10 Å². The Bertz CT molecular complexity index is 1280. The van der Waals surface area contributed by atoms with Crippen LogP contribution in [-0.4, -0.2) is 43.0 Å². The third-order valence-corrected chi connectivity index (χ3v) is 6.73. The first-order valence-corrected chi connectivity index (χ1v) is 13.7. The maximum atomic E-state index is 12.7. The Morgan fingerprint density at radius 3 is 2.76 bits per heavy atom. The van der Waals surface area contributed by atoms with E-state index >= 15 is 0 Å². The molecule has 1 atom stereocenters. The molecule has 2 aromatic rings. The standard InChI is InChI=1S/C26H26BrIN4O5S/c1-4-10-36-24-18(27)11-16(12-19(24)28)13-29-32-21(33)14-37-20-9-7-6-8-17(20)23-22(25(34)35-5-2)15(3)30-26(38)31-23/h4,6-9,11-13,23H,1,5,10,14H2,2-3H3,(H,32,33)(H2,30,31,38)/t23-/m0/s1. The molecule has 9 nitrogen and oxygen atoms in total. The van der Waals surface area contributed by atoms with Gasteiger partial charge in [-0.3, -0.25) is 4.79 Å². The number of nitrogens with one attached hydrogen (secondary N) is 3. The van der Waals surface area contributed by atoms with Crippen molar-refractivity contribution in [3.05, 3.63) is 79.5 Å². The molecule has 0 radical (unpaired) electrons. The van der Waals surface area contributed by atoms with Gasteiger partial charge in [-0.25, -0.2) is 10.2 Å². The number of benzene rings is 2. The highest BCUT2D eigenvalue weighted by atomic mass is 127. The summed E-state index contributed by atoms with van der Waals surface area (Å²) >= 11 is 10.9. The highest BCUT2D eigenvalue weighted by Crippen LogP contribution is 2.34. The number of amides is 1. The minimum Gasteiger partial charge on any atom is -0.487 e. The van der Waals surface area contributed by atoms with Gasteiger partial charge in [-0.15, -0.1) is 0 Å². The number of halogens is 2. The summed E-state index contributed by atoms with van der Waals surface area (Å²) in [5.74, 6) is 0.193. The Morgan fingerprint density at radius 2 is 2.05 bits per heavy atom. The molecule has 3 rings (SSSR count). The highest BCUT2D eigenvalue weighted by molar-refractivity contribution is 14.1. The van der Waals surface area contributed by atoms with Crippen LogP contribution in [0.25, 0.3) is 0 Å². The molecule has 200 valence electrons. The third-order valence-electron chi connectivity index (χ3n) is 5.12. The zero-order valence-corrected chi connectivity index (χ0v) is 25.2. The number of hydrazone groups is 1. The first kappa shape index (κ1) is 29.6. The van der Waals surface area contributed by atoms with Crippen molar-refractivity contribution in [1.29, 1.82) is 0 Å². The highest BCUT2D eigenvalue weighted by Gasteiger charge is 2.32. The third kappa shape index (κ3) is 7.77. The molecule has 0 fully saturated rings. The number of ether oxygens (including phenoxy) is 3. The van der Waals surface area contributed by atoms with E-state index in [9.17, 15) is 9.59 Å². The first-order valence-electron chi connectivity index (χ1n) is 11.5. The van der Waals surface area contributed by atoms with Crippen molar-refractivity contribution in [1.82, 2.24) is 16.1 Å². The van der Waals surface area contributed by atoms with Crippen LogP contribution in [-0.2, 0) is 14.3 Å². The molecule has 3 N–H and O–H groups in total. The van der Waals surface area contributed by atoms with Crippen LogP contribution in [0.2, 0.25) is 0 Å². The normalized spacial score (nSPS) is 14.9. The Balaban J connectivity index is 1.68. The fourth-order valence-corrected chi connectivity index (χ4v) is 5.59. The van der Waals surface area contributed by atoms with Crippen LogP contribution in [0.5, 0.6) is 11.5 Å². The Morgan fingerprint density at radius 1 is 1.29 bits per heavy atom. The van der Waals surface area contributed by atoms with Crippen LogP contribution >= 0.6 is 50.7 Å². The molecule has 1 amide bonds. The van der Waals surface area contributed by atoms with E-state index in [0.717, 1.165) is 13.6 Å². The first-order chi connectivity index (χ1) is 18.2. The quantitative estimate of drug-likeness (QED) is 0.0781. The van der Waals surface area contributed by atoms with Gasteiger partial charge in [-0.05, 0) is 88.3 Å². The van der Waals surface area contributed by atoms with Crippen LogP contribution in [0, 0.1) is 3.57 Å². The van der Waals surface area contributed by atoms with Gasteiger partial charge >= 0.3 is 5.97 Å². The summed E-state index contributed by atoms with van der Waals surface area (Å²) in [4.78, 5) is 25.1. The van der Waals surface area contributed by atoms with Gasteiger partial charge in [-0.1, -0.05) is 30.9 Å². The van der Waals surface area contributed by atoms with E-state index in [1.54, 1.807) is 38.1 Å². The molecule has 2 aromatic carbocycles. The van der Waals surface area contributed by atoms with Crippen LogP contribution < -0.4 is 25.5 Å². The van der Waals surface area contributed by atoms with Crippen LogP contribution in [0.15, 0.2) is 69.9 Å². The monoisotopic (exact) mass is 712 g/mol. The van der Waals surface area contributed by atoms with Gasteiger partial charge in [0.15, 0.2) is 11.7 Å². The number of hydrogen-bond acceptors (Lipinski definition) is 7. The molecule has 0 spiro atoms. The second kappa shape index (κ2) is 14.3. The minimum absolute atomic E-state index is 0.231. The molecule has 0 saturated carbocycles. The summed E-state index contributed by atoms with van der Waals surface area (Å²) in [6.45, 7) is 7.47. The van der Waals surface area contributed by atoms with Crippen molar-refractivity contribution >= 4 is 73.9 Å². The van der Waals surface area contributed by atoms with E-state index in [1.165, 1.54) is 6.21 Å². The van der Waals surface area contributed by atoms with Gasteiger partial charge < -0.3 is 24.8 Å². The Kier molecular flexibility index (Phi) is 11.1. The lowest BCUT2D eigenvalue weighted by molar-refractivity contribution is -0.139. The van der Waals surface area contributed by atoms with Gasteiger partial charge in [0, 0.05) is 11.3 Å². The molecule has 12 heteroatoms. The SMILES string of the molecule is C=CCOc1c(Br)cc(C=NNC(=O)COc2ccccc2[C@@H]2NC(=S)NC(C)=C2C(=O)OCC)cc1I. The molecule has 38 heavy (non-hydrogen) atoms. The summed E-state index contributed by atoms with van der Waals surface area (Å²) in [5, 5.41) is 10.4. The fourth-order valence-electron chi connectivity index (χ4n) is 3.55. The van der Waals surface area contributed by atoms with Crippen molar-refractivity contribution in [2.75, 3.05) is 19.8 Å². The topological polar surface area (TPSA) is 110 Å². The fraction of sp³-hybridized carbons (Fsp3) is 0.231. The zero-order valence-electron chi connectivity index (χ0n) is 20.7. The largest absolute Gasteiger partial charge is 0.487 e. The van der Waals surface area contributed by atoms with E-state index in [1.807, 2.05) is 18.2 Å². The summed E-state index contributed by atoms with van der Waals surface area (Å²) in [5.41, 5.74) is 4.82. The lowest BCUT2D eigenvalue weighted by Gasteiger charge is -2.30. The van der Waals surface area contributed by atoms with Gasteiger partial charge in [0.2, 0.25) is 0 Å². The van der Waals surface area contributed by atoms with E-state index in [2.05, 4.69) is 66.3 Å². The molecular formula is C26H26BrIN4O5S. The van der Waals surface area contributed by atoms with Gasteiger partial charge in [0.25, 0.3) is 5.91 Å². The number of thiocarbonyl (C=S) groups is 1. The van der Waals surface area contributed by atoms with Gasteiger partial charge in [0.05, 0.1) is 32.5 Å².